The van der Waals surface area contributed by atoms with Crippen LogP contribution in [0.3, 0.4) is 0 Å². The number of nitrogens with zero attached hydrogens (tertiary/aromatic N) is 2. The van der Waals surface area contributed by atoms with Gasteiger partial charge in [-0.2, -0.15) is 5.06 Å². The van der Waals surface area contributed by atoms with Gasteiger partial charge in [-0.15, -0.1) is 0 Å². The highest BCUT2D eigenvalue weighted by Gasteiger charge is 2.16. The Kier molecular flexibility index (Phi) is 2.84. The van der Waals surface area contributed by atoms with E-state index in [1.165, 1.54) is 37.5 Å². The molecule has 0 spiro atoms. The molecule has 0 aliphatic heterocycles. The van der Waals surface area contributed by atoms with E-state index in [1.807, 2.05) is 0 Å². The molecule has 1 aromatic carbocycles. The summed E-state index contributed by atoms with van der Waals surface area (Å²) in [6, 6.07) is 4.28. The number of amides is 1. The maximum Gasteiger partial charge on any atom is 0.249 e. The van der Waals surface area contributed by atoms with Crippen molar-refractivity contribution in [3.05, 3.63) is 24.0 Å². The molecule has 1 aromatic heterocycles. The highest BCUT2D eigenvalue weighted by Crippen LogP contribution is 2.29. The Morgan fingerprint density at radius 2 is 2.31 bits per heavy atom. The van der Waals surface area contributed by atoms with Crippen LogP contribution in [-0.4, -0.2) is 18.0 Å². The lowest BCUT2D eigenvalue weighted by Crippen LogP contribution is -2.26. The number of rotatable bonds is 2. The molecular weight excluding hydrogens is 231 g/mol. The SMILES string of the molecule is CON(C(C)=O)c1nc2ccc(F)cc2s1. The van der Waals surface area contributed by atoms with Crippen LogP contribution < -0.4 is 5.06 Å². The standard InChI is InChI=1S/C10H9FN2O2S/c1-6(14)13(15-2)10-12-8-4-3-7(11)5-9(8)16-10/h3-5H,1-2H3. The largest absolute Gasteiger partial charge is 0.272 e. The van der Waals surface area contributed by atoms with Crippen molar-refractivity contribution in [2.24, 2.45) is 0 Å². The van der Waals surface area contributed by atoms with Gasteiger partial charge in [-0.25, -0.2) is 9.37 Å². The van der Waals surface area contributed by atoms with Crippen LogP contribution in [0.4, 0.5) is 9.52 Å². The first kappa shape index (κ1) is 11.0. The fourth-order valence-electron chi connectivity index (χ4n) is 1.31. The van der Waals surface area contributed by atoms with Crippen LogP contribution in [0.1, 0.15) is 6.92 Å². The summed E-state index contributed by atoms with van der Waals surface area (Å²) >= 11 is 1.20. The number of anilines is 1. The minimum absolute atomic E-state index is 0.276. The molecule has 0 saturated carbocycles. The molecule has 0 radical (unpaired) electrons. The summed E-state index contributed by atoms with van der Waals surface area (Å²) in [4.78, 5) is 20.3. The van der Waals surface area contributed by atoms with Crippen molar-refractivity contribution in [2.45, 2.75) is 6.92 Å². The molecule has 2 rings (SSSR count). The molecule has 4 nitrogen and oxygen atoms in total. The summed E-state index contributed by atoms with van der Waals surface area (Å²) in [7, 11) is 1.38. The smallest absolute Gasteiger partial charge is 0.249 e. The van der Waals surface area contributed by atoms with Gasteiger partial charge in [0, 0.05) is 6.92 Å². The van der Waals surface area contributed by atoms with E-state index in [0.717, 1.165) is 5.06 Å². The summed E-state index contributed by atoms with van der Waals surface area (Å²) < 4.78 is 13.6. The zero-order valence-corrected chi connectivity index (χ0v) is 9.55. The summed E-state index contributed by atoms with van der Waals surface area (Å²) in [6.45, 7) is 1.37. The first-order valence-corrected chi connectivity index (χ1v) is 5.34. The van der Waals surface area contributed by atoms with Gasteiger partial charge in [0.05, 0.1) is 17.3 Å². The number of benzene rings is 1. The number of fused-ring (bicyclic) bond motifs is 1. The second-order valence-corrected chi connectivity index (χ2v) is 4.11. The van der Waals surface area contributed by atoms with Crippen molar-refractivity contribution < 1.29 is 14.0 Å². The van der Waals surface area contributed by atoms with Crippen molar-refractivity contribution in [1.82, 2.24) is 4.98 Å². The van der Waals surface area contributed by atoms with Crippen molar-refractivity contribution in [3.8, 4) is 0 Å². The number of hydrogen-bond acceptors (Lipinski definition) is 4. The second-order valence-electron chi connectivity index (χ2n) is 3.10. The van der Waals surface area contributed by atoms with Crippen molar-refractivity contribution >= 4 is 32.6 Å². The van der Waals surface area contributed by atoms with Gasteiger partial charge in [-0.05, 0) is 18.2 Å². The number of thiazole rings is 1. The van der Waals surface area contributed by atoms with Crippen molar-refractivity contribution in [2.75, 3.05) is 12.2 Å². The second kappa shape index (κ2) is 4.15. The summed E-state index contributed by atoms with van der Waals surface area (Å²) in [5.41, 5.74) is 0.643. The Labute approximate surface area is 95.2 Å². The molecular formula is C10H9FN2O2S. The number of hydroxylamine groups is 1. The van der Waals surface area contributed by atoms with E-state index in [1.54, 1.807) is 6.07 Å². The summed E-state index contributed by atoms with van der Waals surface area (Å²) in [6.07, 6.45) is 0. The monoisotopic (exact) mass is 240 g/mol. The van der Waals surface area contributed by atoms with Gasteiger partial charge in [0.15, 0.2) is 0 Å². The Morgan fingerprint density at radius 3 is 2.94 bits per heavy atom. The van der Waals surface area contributed by atoms with Crippen LogP contribution in [0.5, 0.6) is 0 Å². The number of aromatic nitrogens is 1. The van der Waals surface area contributed by atoms with E-state index >= 15 is 0 Å². The van der Waals surface area contributed by atoms with E-state index in [-0.39, 0.29) is 11.7 Å². The van der Waals surface area contributed by atoms with E-state index < -0.39 is 0 Å². The predicted molar refractivity (Wildman–Crippen MR) is 59.7 cm³/mol. The molecule has 0 N–H and O–H groups in total. The third kappa shape index (κ3) is 1.89. The zero-order chi connectivity index (χ0) is 11.7. The third-order valence-corrected chi connectivity index (χ3v) is 2.97. The molecule has 2 aromatic rings. The van der Waals surface area contributed by atoms with E-state index in [0.29, 0.717) is 15.3 Å². The molecule has 16 heavy (non-hydrogen) atoms. The Balaban J connectivity index is 2.49. The van der Waals surface area contributed by atoms with Gasteiger partial charge in [-0.3, -0.25) is 9.63 Å². The molecule has 0 saturated heterocycles. The Bertz CT molecular complexity index is 541. The van der Waals surface area contributed by atoms with Gasteiger partial charge in [0.2, 0.25) is 11.0 Å². The average Bonchev–Trinajstić information content (AvgIpc) is 2.60. The van der Waals surface area contributed by atoms with E-state index in [2.05, 4.69) is 4.98 Å². The summed E-state index contributed by atoms with van der Waals surface area (Å²) in [5, 5.41) is 1.47. The molecule has 0 aliphatic carbocycles. The minimum atomic E-state index is -0.325. The fourth-order valence-corrected chi connectivity index (χ4v) is 2.33. The predicted octanol–water partition coefficient (Wildman–Crippen LogP) is 2.35. The molecule has 1 amide bonds. The maximum atomic E-state index is 13.0. The minimum Gasteiger partial charge on any atom is -0.272 e. The lowest BCUT2D eigenvalue weighted by Gasteiger charge is -2.12. The van der Waals surface area contributed by atoms with Gasteiger partial charge >= 0.3 is 0 Å². The third-order valence-electron chi connectivity index (χ3n) is 1.98. The average molecular weight is 240 g/mol. The molecule has 1 heterocycles. The lowest BCUT2D eigenvalue weighted by atomic mass is 10.3. The molecule has 0 fully saturated rings. The van der Waals surface area contributed by atoms with Crippen LogP contribution in [0.2, 0.25) is 0 Å². The molecule has 0 bridgehead atoms. The van der Waals surface area contributed by atoms with Crippen LogP contribution >= 0.6 is 11.3 Å². The quantitative estimate of drug-likeness (QED) is 0.757. The topological polar surface area (TPSA) is 42.4 Å². The fraction of sp³-hybridized carbons (Fsp3) is 0.200. The molecule has 0 unspecified atom stereocenters. The van der Waals surface area contributed by atoms with Gasteiger partial charge in [-0.1, -0.05) is 11.3 Å². The summed E-state index contributed by atoms with van der Waals surface area (Å²) in [5.74, 6) is -0.600. The van der Waals surface area contributed by atoms with E-state index in [4.69, 9.17) is 4.84 Å². The normalized spacial score (nSPS) is 10.7. The lowest BCUT2D eigenvalue weighted by molar-refractivity contribution is -0.122. The molecule has 0 atom stereocenters. The van der Waals surface area contributed by atoms with Gasteiger partial charge < -0.3 is 0 Å². The molecule has 6 heteroatoms. The van der Waals surface area contributed by atoms with E-state index in [9.17, 15) is 9.18 Å². The first-order chi connectivity index (χ1) is 7.61. The Hall–Kier alpha value is -1.53. The number of carbonyl (C=O) groups is 1. The maximum absolute atomic E-state index is 13.0. The highest BCUT2D eigenvalue weighted by atomic mass is 32.1. The first-order valence-electron chi connectivity index (χ1n) is 4.52. The van der Waals surface area contributed by atoms with Crippen LogP contribution in [0, 0.1) is 5.82 Å². The number of carbonyl (C=O) groups excluding carboxylic acids is 1. The number of hydrogen-bond donors (Lipinski definition) is 0. The Morgan fingerprint density at radius 1 is 1.56 bits per heavy atom. The molecule has 0 aliphatic rings. The van der Waals surface area contributed by atoms with Gasteiger partial charge in [0.25, 0.3) is 0 Å². The van der Waals surface area contributed by atoms with Gasteiger partial charge in [0.1, 0.15) is 5.82 Å². The van der Waals surface area contributed by atoms with Crippen LogP contribution in [0.15, 0.2) is 18.2 Å². The van der Waals surface area contributed by atoms with Crippen LogP contribution in [0.25, 0.3) is 10.2 Å². The highest BCUT2D eigenvalue weighted by molar-refractivity contribution is 7.22. The van der Waals surface area contributed by atoms with Crippen molar-refractivity contribution in [1.29, 1.82) is 0 Å². The van der Waals surface area contributed by atoms with Crippen molar-refractivity contribution in [3.63, 3.8) is 0 Å². The van der Waals surface area contributed by atoms with Crippen LogP contribution in [-0.2, 0) is 9.63 Å². The number of halogens is 1. The zero-order valence-electron chi connectivity index (χ0n) is 8.73. The molecule has 84 valence electrons.